The topological polar surface area (TPSA) is 216 Å². The average Bonchev–Trinajstić information content (AvgIpc) is 3.32. The number of aromatic carboxylic acids is 3. The molecule has 1 saturated heterocycles. The van der Waals surface area contributed by atoms with E-state index in [1.54, 1.807) is 36.5 Å². The Labute approximate surface area is 394 Å². The number of ether oxygens (including phenoxy) is 3. The third-order valence-electron chi connectivity index (χ3n) is 10.9. The molecule has 3 N–H and O–H groups in total. The van der Waals surface area contributed by atoms with Gasteiger partial charge in [0.2, 0.25) is 0 Å². The summed E-state index contributed by atoms with van der Waals surface area (Å²) in [5.41, 5.74) is 4.42. The minimum atomic E-state index is -1.11. The van der Waals surface area contributed by atoms with E-state index in [-0.39, 0.29) is 17.1 Å². The number of carboxylic acids is 3. The highest BCUT2D eigenvalue weighted by molar-refractivity contribution is 7.78. The Kier molecular flexibility index (Phi) is 19.9. The molecule has 0 unspecified atom stereocenters. The number of nitrogens with zero attached hydrogens (tertiary/aromatic N) is 9. The second-order valence-electron chi connectivity index (χ2n) is 15.7. The zero-order valence-corrected chi connectivity index (χ0v) is 38.0. The van der Waals surface area contributed by atoms with Crippen LogP contribution in [0.5, 0.6) is 5.75 Å². The van der Waals surface area contributed by atoms with Gasteiger partial charge in [0.05, 0.1) is 66.7 Å². The number of pyridine rings is 4. The fourth-order valence-corrected chi connectivity index (χ4v) is 7.42. The fourth-order valence-electron chi connectivity index (χ4n) is 7.31. The third kappa shape index (κ3) is 17.4. The molecule has 19 heteroatoms. The fraction of sp³-hybridized carbons (Fsp3) is 0.375. The lowest BCUT2D eigenvalue weighted by molar-refractivity contribution is 0.0534. The summed E-state index contributed by atoms with van der Waals surface area (Å²) in [7, 11) is 0. The van der Waals surface area contributed by atoms with Gasteiger partial charge in [-0.2, -0.15) is 4.99 Å². The average molecular weight is 934 g/mol. The van der Waals surface area contributed by atoms with Crippen LogP contribution in [0, 0.1) is 0 Å². The van der Waals surface area contributed by atoms with Gasteiger partial charge in [-0.25, -0.2) is 29.3 Å². The molecule has 67 heavy (non-hydrogen) atoms. The maximum absolute atomic E-state index is 11.8. The Hall–Kier alpha value is -6.41. The molecule has 1 aromatic carbocycles. The van der Waals surface area contributed by atoms with Crippen molar-refractivity contribution in [2.24, 2.45) is 4.99 Å². The van der Waals surface area contributed by atoms with Crippen molar-refractivity contribution >= 4 is 41.0 Å². The normalized spacial score (nSPS) is 15.7. The summed E-state index contributed by atoms with van der Waals surface area (Å²) in [6.45, 7) is 8.17. The van der Waals surface area contributed by atoms with Gasteiger partial charge in [-0.3, -0.25) is 24.6 Å². The summed E-state index contributed by atoms with van der Waals surface area (Å²) in [6.07, 6.45) is 2.44. The van der Waals surface area contributed by atoms with Crippen LogP contribution in [0.3, 0.4) is 0 Å². The number of benzene rings is 1. The number of thiocarbonyl (C=S) groups is 1. The number of aromatic nitrogens is 4. The van der Waals surface area contributed by atoms with E-state index < -0.39 is 17.9 Å². The first-order valence-electron chi connectivity index (χ1n) is 22.0. The quantitative estimate of drug-likeness (QED) is 0.0869. The van der Waals surface area contributed by atoms with E-state index in [0.717, 1.165) is 16.9 Å². The lowest BCUT2D eigenvalue weighted by Gasteiger charge is -2.29. The predicted octanol–water partition coefficient (Wildman–Crippen LogP) is 5.07. The van der Waals surface area contributed by atoms with Crippen LogP contribution in [0.4, 0.5) is 5.69 Å². The van der Waals surface area contributed by atoms with Crippen molar-refractivity contribution in [2.75, 3.05) is 85.4 Å². The number of aliphatic imine (C=N–C) groups is 1. The second-order valence-corrected chi connectivity index (χ2v) is 15.9. The lowest BCUT2D eigenvalue weighted by Crippen LogP contribution is -2.40. The molecule has 0 saturated carbocycles. The van der Waals surface area contributed by atoms with E-state index in [4.69, 9.17) is 26.4 Å². The van der Waals surface area contributed by atoms with Crippen molar-refractivity contribution in [3.05, 3.63) is 143 Å². The summed E-state index contributed by atoms with van der Waals surface area (Å²) >= 11 is 4.70. The Morgan fingerprint density at radius 3 is 1.40 bits per heavy atom. The van der Waals surface area contributed by atoms with E-state index in [1.165, 1.54) is 18.2 Å². The first kappa shape index (κ1) is 50.0. The zero-order chi connectivity index (χ0) is 47.2. The number of hydrogen-bond donors (Lipinski definition) is 3. The summed E-state index contributed by atoms with van der Waals surface area (Å²) < 4.78 is 18.7. The summed E-state index contributed by atoms with van der Waals surface area (Å²) in [5, 5.41) is 31.2. The maximum atomic E-state index is 11.8. The SMILES string of the molecule is O=C(O)c1cccc(CN2CCOCCN(Cc3cccc(C(=O)O)n3)CCN(Cc3cccc(C(=O)O)n3)CCOCCN(Cc3cc(OCCc4ccc(N=C=S)cc4)ccn3)CC2)n1. The Morgan fingerprint density at radius 2 is 1.00 bits per heavy atom. The van der Waals surface area contributed by atoms with Crippen LogP contribution in [0.2, 0.25) is 0 Å². The number of rotatable bonds is 16. The molecule has 0 amide bonds. The predicted molar refractivity (Wildman–Crippen MR) is 251 cm³/mol. The van der Waals surface area contributed by atoms with Crippen LogP contribution < -0.4 is 4.74 Å². The number of carbonyl (C=O) groups is 3. The molecule has 18 nitrogen and oxygen atoms in total. The van der Waals surface area contributed by atoms with Crippen molar-refractivity contribution in [3.63, 3.8) is 0 Å². The van der Waals surface area contributed by atoms with Crippen LogP contribution >= 0.6 is 12.2 Å². The van der Waals surface area contributed by atoms with Crippen molar-refractivity contribution in [1.82, 2.24) is 39.5 Å². The van der Waals surface area contributed by atoms with Gasteiger partial charge in [0.1, 0.15) is 22.8 Å². The highest BCUT2D eigenvalue weighted by Gasteiger charge is 2.18. The van der Waals surface area contributed by atoms with Gasteiger partial charge < -0.3 is 29.5 Å². The molecular weight excluding hydrogens is 879 g/mol. The first-order chi connectivity index (χ1) is 32.6. The van der Waals surface area contributed by atoms with Gasteiger partial charge >= 0.3 is 17.9 Å². The second kappa shape index (κ2) is 26.7. The van der Waals surface area contributed by atoms with Gasteiger partial charge in [0, 0.05) is 97.2 Å². The Balaban J connectivity index is 1.17. The van der Waals surface area contributed by atoms with Crippen molar-refractivity contribution in [2.45, 2.75) is 32.6 Å². The molecule has 5 aromatic rings. The summed E-state index contributed by atoms with van der Waals surface area (Å²) in [5.74, 6) is -2.59. The van der Waals surface area contributed by atoms with Gasteiger partial charge in [-0.1, -0.05) is 30.3 Å². The van der Waals surface area contributed by atoms with E-state index in [1.807, 2.05) is 42.5 Å². The van der Waals surface area contributed by atoms with E-state index in [9.17, 15) is 29.7 Å². The largest absolute Gasteiger partial charge is 0.493 e. The summed E-state index contributed by atoms with van der Waals surface area (Å²) in [6, 6.07) is 26.4. The van der Waals surface area contributed by atoms with Gasteiger partial charge in [-0.05, 0) is 72.4 Å². The monoisotopic (exact) mass is 933 g/mol. The maximum Gasteiger partial charge on any atom is 0.354 e. The Morgan fingerprint density at radius 1 is 0.582 bits per heavy atom. The standard InChI is InChI=1S/C48H55N9O9S/c58-46(59)43-7-1-4-38(51-43)31-54-17-18-55(32-39-5-2-8-44(52-39)47(60)61)22-28-65-29-24-57(20-19-56(23-27-64-26-21-54)33-40-6-3-9-45(53-40)48(62)63)34-41-30-42(14-16-49-41)66-25-15-36-10-12-37(13-11-36)50-35-67/h1-14,16,30H,15,17-29,31-34H2,(H,58,59)(H,60,61)(H,62,63). The van der Waals surface area contributed by atoms with Crippen molar-refractivity contribution in [3.8, 4) is 5.75 Å². The molecule has 5 heterocycles. The van der Waals surface area contributed by atoms with Gasteiger partial charge in [0.25, 0.3) is 0 Å². The molecule has 1 aliphatic heterocycles. The van der Waals surface area contributed by atoms with Crippen molar-refractivity contribution in [1.29, 1.82) is 0 Å². The van der Waals surface area contributed by atoms with Crippen LogP contribution in [0.25, 0.3) is 0 Å². The molecule has 0 aliphatic carbocycles. The summed E-state index contributed by atoms with van der Waals surface area (Å²) in [4.78, 5) is 65.8. The van der Waals surface area contributed by atoms with Crippen LogP contribution in [0.15, 0.2) is 102 Å². The molecule has 0 atom stereocenters. The van der Waals surface area contributed by atoms with Crippen molar-refractivity contribution < 1.29 is 43.9 Å². The number of isothiocyanates is 1. The van der Waals surface area contributed by atoms with Crippen LogP contribution in [-0.2, 0) is 42.1 Å². The molecular formula is C48H55N9O9S. The minimum Gasteiger partial charge on any atom is -0.493 e. The van der Waals surface area contributed by atoms with Crippen LogP contribution in [-0.4, -0.2) is 163 Å². The molecule has 4 aromatic heterocycles. The molecule has 6 rings (SSSR count). The van der Waals surface area contributed by atoms with E-state index >= 15 is 0 Å². The van der Waals surface area contributed by atoms with Gasteiger partial charge in [-0.15, -0.1) is 0 Å². The number of carboxylic acid groups (broad SMARTS) is 3. The zero-order valence-electron chi connectivity index (χ0n) is 37.2. The molecule has 0 radical (unpaired) electrons. The highest BCUT2D eigenvalue weighted by Crippen LogP contribution is 2.17. The Bertz CT molecular complexity index is 2440. The van der Waals surface area contributed by atoms with Crippen LogP contribution in [0.1, 0.15) is 59.8 Å². The van der Waals surface area contributed by atoms with E-state index in [2.05, 4.69) is 49.7 Å². The molecule has 1 aliphatic rings. The molecule has 0 bridgehead atoms. The molecule has 1 fully saturated rings. The third-order valence-corrected chi connectivity index (χ3v) is 10.9. The van der Waals surface area contributed by atoms with E-state index in [0.29, 0.717) is 141 Å². The minimum absolute atomic E-state index is 0.0242. The lowest BCUT2D eigenvalue weighted by atomic mass is 10.1. The highest BCUT2D eigenvalue weighted by atomic mass is 32.1. The van der Waals surface area contributed by atoms with Gasteiger partial charge in [0.15, 0.2) is 0 Å². The molecule has 0 spiro atoms. The smallest absolute Gasteiger partial charge is 0.354 e. The molecule has 352 valence electrons. The number of hydrogen-bond acceptors (Lipinski definition) is 16. The first-order valence-corrected chi connectivity index (χ1v) is 22.4.